The van der Waals surface area contributed by atoms with Crippen LogP contribution in [0.5, 0.6) is 0 Å². The van der Waals surface area contributed by atoms with Gasteiger partial charge in [-0.3, -0.25) is 4.79 Å². The van der Waals surface area contributed by atoms with Gasteiger partial charge in [0.1, 0.15) is 6.04 Å². The quantitative estimate of drug-likeness (QED) is 0.911. The van der Waals surface area contributed by atoms with Crippen molar-refractivity contribution in [3.05, 3.63) is 36.2 Å². The molecule has 1 aliphatic carbocycles. The summed E-state index contributed by atoms with van der Waals surface area (Å²) < 4.78 is 5.58. The maximum Gasteiger partial charge on any atom is 0.249 e. The van der Waals surface area contributed by atoms with E-state index in [1.807, 2.05) is 35.2 Å². The fraction of sp³-hybridized carbons (Fsp3) is 0.550. The van der Waals surface area contributed by atoms with Crippen LogP contribution in [0.3, 0.4) is 0 Å². The number of rotatable bonds is 4. The van der Waals surface area contributed by atoms with Gasteiger partial charge in [0.2, 0.25) is 17.6 Å². The highest BCUT2D eigenvalue weighted by molar-refractivity contribution is 5.80. The first-order valence-electron chi connectivity index (χ1n) is 9.67. The average molecular weight is 354 g/mol. The van der Waals surface area contributed by atoms with E-state index in [1.165, 1.54) is 0 Å². The first-order valence-corrected chi connectivity index (χ1v) is 9.67. The maximum atomic E-state index is 13.2. The molecule has 0 spiro atoms. The molecule has 1 unspecified atom stereocenters. The van der Waals surface area contributed by atoms with Crippen LogP contribution >= 0.6 is 0 Å². The zero-order chi connectivity index (χ0) is 17.9. The highest BCUT2D eigenvalue weighted by Crippen LogP contribution is 2.37. The van der Waals surface area contributed by atoms with Crippen LogP contribution in [0.25, 0.3) is 11.4 Å². The zero-order valence-corrected chi connectivity index (χ0v) is 15.0. The smallest absolute Gasteiger partial charge is 0.249 e. The molecule has 1 aromatic carbocycles. The largest absolute Gasteiger partial charge is 0.337 e. The minimum atomic E-state index is -0.111. The first-order chi connectivity index (χ1) is 12.8. The number of benzene rings is 1. The van der Waals surface area contributed by atoms with Gasteiger partial charge < -0.3 is 15.2 Å². The number of carbonyl (C=O) groups excluding carboxylic acids is 1. The van der Waals surface area contributed by atoms with Crippen molar-refractivity contribution in [3.63, 3.8) is 0 Å². The Morgan fingerprint density at radius 3 is 2.81 bits per heavy atom. The van der Waals surface area contributed by atoms with Gasteiger partial charge in [-0.2, -0.15) is 4.98 Å². The molecule has 1 amide bonds. The highest BCUT2D eigenvalue weighted by atomic mass is 16.5. The molecule has 3 atom stereocenters. The van der Waals surface area contributed by atoms with E-state index < -0.39 is 0 Å². The van der Waals surface area contributed by atoms with Gasteiger partial charge in [-0.05, 0) is 44.6 Å². The molecule has 1 saturated carbocycles. The lowest BCUT2D eigenvalue weighted by Gasteiger charge is -2.36. The molecule has 6 heteroatoms. The predicted molar refractivity (Wildman–Crippen MR) is 97.9 cm³/mol. The van der Waals surface area contributed by atoms with E-state index >= 15 is 0 Å². The first kappa shape index (κ1) is 17.2. The fourth-order valence-electron chi connectivity index (χ4n) is 4.38. The molecule has 6 nitrogen and oxygen atoms in total. The van der Waals surface area contributed by atoms with Gasteiger partial charge in [-0.15, -0.1) is 0 Å². The zero-order valence-electron chi connectivity index (χ0n) is 15.0. The molecule has 2 heterocycles. The molecule has 0 bridgehead atoms. The third kappa shape index (κ3) is 3.26. The summed E-state index contributed by atoms with van der Waals surface area (Å²) in [4.78, 5) is 19.8. The van der Waals surface area contributed by atoms with E-state index in [-0.39, 0.29) is 17.9 Å². The molecule has 0 radical (unpaired) electrons. The average Bonchev–Trinajstić information content (AvgIpc) is 3.37. The van der Waals surface area contributed by atoms with E-state index in [0.717, 1.165) is 50.6 Å². The van der Waals surface area contributed by atoms with Gasteiger partial charge >= 0.3 is 0 Å². The van der Waals surface area contributed by atoms with Crippen LogP contribution in [-0.2, 0) is 4.79 Å². The lowest BCUT2D eigenvalue weighted by atomic mass is 9.92. The van der Waals surface area contributed by atoms with Gasteiger partial charge in [0.05, 0.1) is 0 Å². The standard InChI is InChI=1S/C20H26N4O2/c21-13-15-9-6-10-16(15)20(25)24-12-5-4-11-17(24)19-22-18(23-26-19)14-7-2-1-3-8-14/h1-3,7-8,15-17H,4-6,9-13,21H2/t15-,16-,17?/m1/s1. The van der Waals surface area contributed by atoms with Crippen molar-refractivity contribution in [2.45, 2.75) is 44.6 Å². The third-order valence-corrected chi connectivity index (χ3v) is 5.82. The van der Waals surface area contributed by atoms with Crippen LogP contribution in [-0.4, -0.2) is 34.0 Å². The number of piperidine rings is 1. The second-order valence-corrected chi connectivity index (χ2v) is 7.40. The summed E-state index contributed by atoms with van der Waals surface area (Å²) in [6, 6.07) is 9.68. The molecule has 4 rings (SSSR count). The van der Waals surface area contributed by atoms with Crippen molar-refractivity contribution in [2.75, 3.05) is 13.1 Å². The molecule has 138 valence electrons. The van der Waals surface area contributed by atoms with Gasteiger partial charge in [0.15, 0.2) is 0 Å². The SMILES string of the molecule is NC[C@H]1CCC[C@H]1C(=O)N1CCCCC1c1nc(-c2ccccc2)no1. The molecule has 2 aliphatic rings. The topological polar surface area (TPSA) is 85.3 Å². The van der Waals surface area contributed by atoms with Crippen LogP contribution in [0.1, 0.15) is 50.5 Å². The molecular weight excluding hydrogens is 328 g/mol. The van der Waals surface area contributed by atoms with Crippen LogP contribution in [0.4, 0.5) is 0 Å². The number of aromatic nitrogens is 2. The molecule has 26 heavy (non-hydrogen) atoms. The summed E-state index contributed by atoms with van der Waals surface area (Å²) in [6.45, 7) is 1.36. The highest BCUT2D eigenvalue weighted by Gasteiger charge is 2.39. The van der Waals surface area contributed by atoms with Crippen molar-refractivity contribution >= 4 is 5.91 Å². The van der Waals surface area contributed by atoms with Crippen LogP contribution in [0.15, 0.2) is 34.9 Å². The number of carbonyl (C=O) groups is 1. The number of amides is 1. The van der Waals surface area contributed by atoms with Crippen LogP contribution in [0, 0.1) is 11.8 Å². The fourth-order valence-corrected chi connectivity index (χ4v) is 4.38. The van der Waals surface area contributed by atoms with E-state index in [9.17, 15) is 4.79 Å². The summed E-state index contributed by atoms with van der Waals surface area (Å²) >= 11 is 0. The second kappa shape index (κ2) is 7.58. The Hall–Kier alpha value is -2.21. The van der Waals surface area contributed by atoms with E-state index in [2.05, 4.69) is 10.1 Å². The Balaban J connectivity index is 1.56. The molecule has 1 aromatic heterocycles. The lowest BCUT2D eigenvalue weighted by Crippen LogP contribution is -2.43. The summed E-state index contributed by atoms with van der Waals surface area (Å²) in [5.41, 5.74) is 6.82. The van der Waals surface area contributed by atoms with Gasteiger partial charge in [-0.1, -0.05) is 41.9 Å². The number of hydrogen-bond acceptors (Lipinski definition) is 5. The van der Waals surface area contributed by atoms with Crippen molar-refractivity contribution in [1.29, 1.82) is 0 Å². The lowest BCUT2D eigenvalue weighted by molar-refractivity contribution is -0.141. The Labute approximate surface area is 153 Å². The summed E-state index contributed by atoms with van der Waals surface area (Å²) in [5.74, 6) is 1.73. The van der Waals surface area contributed by atoms with E-state index in [0.29, 0.717) is 24.2 Å². The maximum absolute atomic E-state index is 13.2. The van der Waals surface area contributed by atoms with Crippen molar-refractivity contribution in [3.8, 4) is 11.4 Å². The molecular formula is C20H26N4O2. The predicted octanol–water partition coefficient (Wildman–Crippen LogP) is 3.17. The Morgan fingerprint density at radius 1 is 1.15 bits per heavy atom. The van der Waals surface area contributed by atoms with Crippen LogP contribution < -0.4 is 5.73 Å². The van der Waals surface area contributed by atoms with E-state index in [4.69, 9.17) is 10.3 Å². The van der Waals surface area contributed by atoms with Gasteiger partial charge in [0.25, 0.3) is 0 Å². The molecule has 2 N–H and O–H groups in total. The van der Waals surface area contributed by atoms with Gasteiger partial charge in [-0.25, -0.2) is 0 Å². The Morgan fingerprint density at radius 2 is 2.00 bits per heavy atom. The summed E-state index contributed by atoms with van der Waals surface area (Å²) in [6.07, 6.45) is 6.08. The Kier molecular flexibility index (Phi) is 5.02. The number of hydrogen-bond donors (Lipinski definition) is 1. The third-order valence-electron chi connectivity index (χ3n) is 5.82. The molecule has 2 fully saturated rings. The number of likely N-dealkylation sites (tertiary alicyclic amines) is 1. The summed E-state index contributed by atoms with van der Waals surface area (Å²) in [5, 5.41) is 4.14. The summed E-state index contributed by atoms with van der Waals surface area (Å²) in [7, 11) is 0. The van der Waals surface area contributed by atoms with Crippen LogP contribution in [0.2, 0.25) is 0 Å². The normalized spacial score (nSPS) is 26.2. The molecule has 2 aromatic rings. The minimum Gasteiger partial charge on any atom is -0.337 e. The van der Waals surface area contributed by atoms with Gasteiger partial charge in [0, 0.05) is 18.0 Å². The number of nitrogens with two attached hydrogens (primary N) is 1. The minimum absolute atomic E-state index is 0.0529. The molecule has 1 saturated heterocycles. The Bertz CT molecular complexity index is 745. The van der Waals surface area contributed by atoms with E-state index in [1.54, 1.807) is 0 Å². The van der Waals surface area contributed by atoms with Crippen molar-refractivity contribution in [2.24, 2.45) is 17.6 Å². The second-order valence-electron chi connectivity index (χ2n) is 7.40. The molecule has 1 aliphatic heterocycles. The number of nitrogens with zero attached hydrogens (tertiary/aromatic N) is 3. The van der Waals surface area contributed by atoms with Crippen molar-refractivity contribution in [1.82, 2.24) is 15.0 Å². The monoisotopic (exact) mass is 354 g/mol. The van der Waals surface area contributed by atoms with Crippen molar-refractivity contribution < 1.29 is 9.32 Å².